The first-order valence-corrected chi connectivity index (χ1v) is 9.06. The van der Waals surface area contributed by atoms with E-state index in [0.717, 1.165) is 34.5 Å². The van der Waals surface area contributed by atoms with Crippen molar-refractivity contribution in [1.82, 2.24) is 0 Å². The van der Waals surface area contributed by atoms with Gasteiger partial charge in [0, 0.05) is 22.6 Å². The molecule has 0 aromatic heterocycles. The molecule has 1 atom stereocenters. The summed E-state index contributed by atoms with van der Waals surface area (Å²) < 4.78 is 11.7. The maximum atomic E-state index is 12.1. The van der Waals surface area contributed by atoms with E-state index in [-0.39, 0.29) is 5.92 Å². The molecule has 0 amide bonds. The van der Waals surface area contributed by atoms with E-state index in [0.29, 0.717) is 17.9 Å². The van der Waals surface area contributed by atoms with Crippen molar-refractivity contribution in [3.63, 3.8) is 0 Å². The van der Waals surface area contributed by atoms with E-state index in [1.54, 1.807) is 0 Å². The van der Waals surface area contributed by atoms with E-state index in [2.05, 4.69) is 0 Å². The van der Waals surface area contributed by atoms with E-state index in [9.17, 15) is 4.79 Å². The SMILES string of the molecule is CCOc1ccc(C2=C(C=O)[C@@H](c3ccccc3)c3ccccc3O2)cc1. The molecule has 0 bridgehead atoms. The van der Waals surface area contributed by atoms with Crippen LogP contribution < -0.4 is 9.47 Å². The molecule has 0 unspecified atom stereocenters. The number of hydrogen-bond acceptors (Lipinski definition) is 3. The van der Waals surface area contributed by atoms with Crippen molar-refractivity contribution in [2.24, 2.45) is 0 Å². The van der Waals surface area contributed by atoms with Crippen LogP contribution in [0.2, 0.25) is 0 Å². The molecule has 134 valence electrons. The number of fused-ring (bicyclic) bond motifs is 1. The zero-order valence-electron chi connectivity index (χ0n) is 15.1. The van der Waals surface area contributed by atoms with Crippen LogP contribution in [-0.2, 0) is 4.79 Å². The van der Waals surface area contributed by atoms with E-state index in [1.165, 1.54) is 0 Å². The van der Waals surface area contributed by atoms with Gasteiger partial charge in [-0.1, -0.05) is 48.5 Å². The Bertz CT molecular complexity index is 972. The predicted molar refractivity (Wildman–Crippen MR) is 106 cm³/mol. The van der Waals surface area contributed by atoms with Crippen LogP contribution in [0.5, 0.6) is 11.5 Å². The molecule has 1 heterocycles. The Balaban J connectivity index is 1.87. The van der Waals surface area contributed by atoms with Gasteiger partial charge >= 0.3 is 0 Å². The number of rotatable bonds is 5. The van der Waals surface area contributed by atoms with Gasteiger partial charge in [-0.05, 0) is 42.8 Å². The number of carbonyl (C=O) groups excluding carboxylic acids is 1. The second-order valence-electron chi connectivity index (χ2n) is 6.34. The summed E-state index contributed by atoms with van der Waals surface area (Å²) in [6.45, 7) is 2.56. The summed E-state index contributed by atoms with van der Waals surface area (Å²) in [6.07, 6.45) is 0.916. The van der Waals surface area contributed by atoms with Crippen LogP contribution in [-0.4, -0.2) is 12.9 Å². The van der Waals surface area contributed by atoms with Gasteiger partial charge in [-0.3, -0.25) is 4.79 Å². The Morgan fingerprint density at radius 3 is 2.33 bits per heavy atom. The number of para-hydroxylation sites is 1. The van der Waals surface area contributed by atoms with E-state index in [1.807, 2.05) is 85.8 Å². The van der Waals surface area contributed by atoms with Crippen LogP contribution >= 0.6 is 0 Å². The summed E-state index contributed by atoms with van der Waals surface area (Å²) in [6, 6.07) is 25.6. The largest absolute Gasteiger partial charge is 0.494 e. The highest BCUT2D eigenvalue weighted by Gasteiger charge is 2.31. The maximum absolute atomic E-state index is 12.1. The first-order valence-electron chi connectivity index (χ1n) is 9.06. The van der Waals surface area contributed by atoms with Crippen molar-refractivity contribution in [3.05, 3.63) is 101 Å². The van der Waals surface area contributed by atoms with Crippen molar-refractivity contribution < 1.29 is 14.3 Å². The van der Waals surface area contributed by atoms with Crippen molar-refractivity contribution in [3.8, 4) is 11.5 Å². The molecule has 0 saturated carbocycles. The second-order valence-corrected chi connectivity index (χ2v) is 6.34. The first kappa shape index (κ1) is 17.1. The third-order valence-electron chi connectivity index (χ3n) is 4.70. The topological polar surface area (TPSA) is 35.5 Å². The first-order chi connectivity index (χ1) is 13.3. The van der Waals surface area contributed by atoms with Crippen LogP contribution in [0.1, 0.15) is 29.5 Å². The molecule has 0 N–H and O–H groups in total. The van der Waals surface area contributed by atoms with Crippen LogP contribution in [0, 0.1) is 0 Å². The lowest BCUT2D eigenvalue weighted by Crippen LogP contribution is -2.17. The molecular weight excluding hydrogens is 336 g/mol. The van der Waals surface area contributed by atoms with Crippen LogP contribution in [0.25, 0.3) is 5.76 Å². The maximum Gasteiger partial charge on any atom is 0.150 e. The number of carbonyl (C=O) groups is 1. The fourth-order valence-electron chi connectivity index (χ4n) is 3.50. The summed E-state index contributed by atoms with van der Waals surface area (Å²) in [5, 5.41) is 0. The van der Waals surface area contributed by atoms with Gasteiger partial charge in [0.05, 0.1) is 6.61 Å². The van der Waals surface area contributed by atoms with Crippen molar-refractivity contribution in [2.75, 3.05) is 6.61 Å². The molecule has 3 heteroatoms. The lowest BCUT2D eigenvalue weighted by Gasteiger charge is -2.29. The highest BCUT2D eigenvalue weighted by molar-refractivity contribution is 5.91. The van der Waals surface area contributed by atoms with Crippen LogP contribution in [0.3, 0.4) is 0 Å². The number of ether oxygens (including phenoxy) is 2. The average molecular weight is 356 g/mol. The molecule has 0 saturated heterocycles. The fraction of sp³-hybridized carbons (Fsp3) is 0.125. The van der Waals surface area contributed by atoms with Gasteiger partial charge in [-0.25, -0.2) is 0 Å². The molecule has 27 heavy (non-hydrogen) atoms. The van der Waals surface area contributed by atoms with Gasteiger partial charge in [0.1, 0.15) is 17.3 Å². The van der Waals surface area contributed by atoms with E-state index < -0.39 is 0 Å². The van der Waals surface area contributed by atoms with Crippen LogP contribution in [0.15, 0.2) is 84.4 Å². The number of aldehydes is 1. The summed E-state index contributed by atoms with van der Waals surface area (Å²) in [4.78, 5) is 12.1. The lowest BCUT2D eigenvalue weighted by molar-refractivity contribution is -0.105. The monoisotopic (exact) mass is 356 g/mol. The van der Waals surface area contributed by atoms with Crippen molar-refractivity contribution in [1.29, 1.82) is 0 Å². The Morgan fingerprint density at radius 2 is 1.63 bits per heavy atom. The Morgan fingerprint density at radius 1 is 0.926 bits per heavy atom. The molecule has 1 aliphatic rings. The molecule has 0 spiro atoms. The lowest BCUT2D eigenvalue weighted by atomic mass is 9.82. The molecule has 3 nitrogen and oxygen atoms in total. The summed E-state index contributed by atoms with van der Waals surface area (Å²) in [7, 11) is 0. The van der Waals surface area contributed by atoms with E-state index >= 15 is 0 Å². The molecule has 3 aromatic rings. The number of benzene rings is 3. The minimum atomic E-state index is -0.157. The summed E-state index contributed by atoms with van der Waals surface area (Å²) >= 11 is 0. The van der Waals surface area contributed by atoms with Gasteiger partial charge in [-0.15, -0.1) is 0 Å². The highest BCUT2D eigenvalue weighted by atomic mass is 16.5. The Hall–Kier alpha value is -3.33. The summed E-state index contributed by atoms with van der Waals surface area (Å²) in [5.41, 5.74) is 3.55. The molecule has 1 aliphatic heterocycles. The fourth-order valence-corrected chi connectivity index (χ4v) is 3.50. The van der Waals surface area contributed by atoms with Gasteiger partial charge in [-0.2, -0.15) is 0 Å². The third-order valence-corrected chi connectivity index (χ3v) is 4.70. The standard InChI is InChI=1S/C24H20O3/c1-2-26-19-14-12-18(13-15-19)24-21(16-25)23(17-8-4-3-5-9-17)20-10-6-7-11-22(20)27-24/h3-16,23H,2H2,1H3/t23-/m0/s1. The Kier molecular flexibility index (Phi) is 4.75. The molecule has 0 radical (unpaired) electrons. The Labute approximate surface area is 158 Å². The zero-order valence-corrected chi connectivity index (χ0v) is 15.1. The number of hydrogen-bond donors (Lipinski definition) is 0. The van der Waals surface area contributed by atoms with Gasteiger partial charge in [0.2, 0.25) is 0 Å². The molecule has 0 fully saturated rings. The van der Waals surface area contributed by atoms with Crippen molar-refractivity contribution in [2.45, 2.75) is 12.8 Å². The molecular formula is C24H20O3. The predicted octanol–water partition coefficient (Wildman–Crippen LogP) is 5.22. The molecule has 4 rings (SSSR count). The van der Waals surface area contributed by atoms with Crippen LogP contribution in [0.4, 0.5) is 0 Å². The molecule has 3 aromatic carbocycles. The number of allylic oxidation sites excluding steroid dienone is 1. The van der Waals surface area contributed by atoms with E-state index in [4.69, 9.17) is 9.47 Å². The second kappa shape index (κ2) is 7.50. The van der Waals surface area contributed by atoms with Crippen molar-refractivity contribution >= 4 is 12.0 Å². The third kappa shape index (κ3) is 3.24. The zero-order chi connectivity index (χ0) is 18.6. The minimum absolute atomic E-state index is 0.157. The quantitative estimate of drug-likeness (QED) is 0.588. The average Bonchev–Trinajstić information content (AvgIpc) is 2.73. The normalized spacial score (nSPS) is 15.7. The highest BCUT2D eigenvalue weighted by Crippen LogP contribution is 2.44. The van der Waals surface area contributed by atoms with Gasteiger partial charge < -0.3 is 9.47 Å². The van der Waals surface area contributed by atoms with Gasteiger partial charge in [0.15, 0.2) is 6.29 Å². The smallest absolute Gasteiger partial charge is 0.150 e. The van der Waals surface area contributed by atoms with Gasteiger partial charge in [0.25, 0.3) is 0 Å². The minimum Gasteiger partial charge on any atom is -0.494 e. The molecule has 0 aliphatic carbocycles. The summed E-state index contributed by atoms with van der Waals surface area (Å²) in [5.74, 6) is 2.02.